The molecule has 0 aromatic carbocycles. The Labute approximate surface area is 515 Å². The van der Waals surface area contributed by atoms with Gasteiger partial charge in [0.05, 0.1) is 0 Å². The Morgan fingerprint density at radius 3 is 0.735 bits per heavy atom. The largest absolute Gasteiger partial charge is 0.462 e. The second kappa shape index (κ2) is 71.1. The van der Waals surface area contributed by atoms with Gasteiger partial charge in [-0.3, -0.25) is 14.4 Å². The summed E-state index contributed by atoms with van der Waals surface area (Å²) in [6.45, 7) is 6.54. The van der Waals surface area contributed by atoms with Crippen molar-refractivity contribution in [2.45, 2.75) is 374 Å². The standard InChI is InChI=1S/C77H136O6/c1-4-7-10-13-16-19-22-24-26-28-30-32-34-36-37-38-39-41-42-44-46-48-50-52-55-58-61-64-67-70-76(79)82-73-74(72-81-75(78)69-66-63-60-57-54-21-18-15-12-9-6-3)83-77(80)71-68-65-62-59-56-53-51-49-47-45-43-40-35-33-31-29-27-25-23-20-17-14-11-8-5-2/h8,11,17,20,25,27,31,33,40,43,47,49,53,56,74H,4-7,9-10,12-16,18-19,21-24,26,28-30,32,34-39,41-42,44-46,48,50-52,54-55,57-73H2,1-3H3/b11-8-,20-17-,27-25-,33-31-,43-40-,49-47-,56-53-. The lowest BCUT2D eigenvalue weighted by Gasteiger charge is -2.18. The molecule has 0 aromatic heterocycles. The third-order valence-corrected chi connectivity index (χ3v) is 15.9. The molecule has 0 N–H and O–H groups in total. The number of carbonyl (C=O) groups is 3. The third kappa shape index (κ3) is 69.3. The summed E-state index contributed by atoms with van der Waals surface area (Å²) in [5.74, 6) is -0.901. The quantitative estimate of drug-likeness (QED) is 0.0261. The average Bonchev–Trinajstić information content (AvgIpc) is 3.48. The van der Waals surface area contributed by atoms with Crippen molar-refractivity contribution in [3.63, 3.8) is 0 Å². The van der Waals surface area contributed by atoms with Crippen LogP contribution in [0.3, 0.4) is 0 Å². The Morgan fingerprint density at radius 2 is 0.470 bits per heavy atom. The van der Waals surface area contributed by atoms with Crippen molar-refractivity contribution in [1.82, 2.24) is 0 Å². The van der Waals surface area contributed by atoms with Crippen LogP contribution in [0.25, 0.3) is 0 Å². The van der Waals surface area contributed by atoms with Gasteiger partial charge in [0.25, 0.3) is 0 Å². The Bertz CT molecular complexity index is 1570. The highest BCUT2D eigenvalue weighted by molar-refractivity contribution is 5.71. The molecule has 0 fully saturated rings. The molecule has 6 heteroatoms. The van der Waals surface area contributed by atoms with Gasteiger partial charge in [-0.25, -0.2) is 0 Å². The lowest BCUT2D eigenvalue weighted by molar-refractivity contribution is -0.167. The predicted octanol–water partition coefficient (Wildman–Crippen LogP) is 25.0. The molecule has 0 saturated carbocycles. The van der Waals surface area contributed by atoms with Crippen molar-refractivity contribution in [1.29, 1.82) is 0 Å². The zero-order valence-corrected chi connectivity index (χ0v) is 55.2. The van der Waals surface area contributed by atoms with Gasteiger partial charge in [0, 0.05) is 19.3 Å². The van der Waals surface area contributed by atoms with Crippen LogP contribution in [0.4, 0.5) is 0 Å². The minimum atomic E-state index is -0.793. The molecular formula is C77H136O6. The second-order valence-corrected chi connectivity index (χ2v) is 24.1. The highest BCUT2D eigenvalue weighted by Crippen LogP contribution is 2.18. The van der Waals surface area contributed by atoms with Crippen molar-refractivity contribution in [3.05, 3.63) is 85.1 Å². The maximum atomic E-state index is 12.9. The number of hydrogen-bond acceptors (Lipinski definition) is 6. The number of rotatable bonds is 66. The van der Waals surface area contributed by atoms with E-state index in [1.165, 1.54) is 218 Å². The molecule has 0 amide bonds. The number of carbonyl (C=O) groups excluding carboxylic acids is 3. The van der Waals surface area contributed by atoms with Crippen LogP contribution in [0, 0.1) is 0 Å². The van der Waals surface area contributed by atoms with Gasteiger partial charge in [-0.05, 0) is 77.0 Å². The van der Waals surface area contributed by atoms with Gasteiger partial charge >= 0.3 is 17.9 Å². The van der Waals surface area contributed by atoms with E-state index < -0.39 is 6.10 Å². The molecule has 480 valence electrons. The molecule has 0 aromatic rings. The molecule has 0 spiro atoms. The second-order valence-electron chi connectivity index (χ2n) is 24.1. The highest BCUT2D eigenvalue weighted by Gasteiger charge is 2.19. The summed E-state index contributed by atoms with van der Waals surface area (Å²) in [7, 11) is 0. The van der Waals surface area contributed by atoms with Crippen molar-refractivity contribution in [2.24, 2.45) is 0 Å². The fraction of sp³-hybridized carbons (Fsp3) is 0.779. The molecule has 0 aliphatic rings. The summed E-state index contributed by atoms with van der Waals surface area (Å²) in [5, 5.41) is 0. The van der Waals surface area contributed by atoms with Crippen LogP contribution in [-0.4, -0.2) is 37.2 Å². The van der Waals surface area contributed by atoms with E-state index in [0.29, 0.717) is 19.3 Å². The van der Waals surface area contributed by atoms with Gasteiger partial charge in [0.1, 0.15) is 13.2 Å². The first-order chi connectivity index (χ1) is 41.0. The molecule has 1 atom stereocenters. The zero-order chi connectivity index (χ0) is 59.9. The topological polar surface area (TPSA) is 78.9 Å². The molecule has 0 bridgehead atoms. The van der Waals surface area contributed by atoms with Crippen molar-refractivity contribution >= 4 is 17.9 Å². The minimum absolute atomic E-state index is 0.0859. The van der Waals surface area contributed by atoms with Crippen LogP contribution in [-0.2, 0) is 28.6 Å². The molecule has 0 aliphatic heterocycles. The molecule has 1 unspecified atom stereocenters. The van der Waals surface area contributed by atoms with Crippen molar-refractivity contribution in [2.75, 3.05) is 13.2 Å². The molecule has 0 heterocycles. The van der Waals surface area contributed by atoms with E-state index in [-0.39, 0.29) is 31.1 Å². The number of hydrogen-bond donors (Lipinski definition) is 0. The lowest BCUT2D eigenvalue weighted by atomic mass is 10.0. The van der Waals surface area contributed by atoms with Gasteiger partial charge in [-0.1, -0.05) is 356 Å². The summed E-state index contributed by atoms with van der Waals surface area (Å²) in [4.78, 5) is 38.4. The third-order valence-electron chi connectivity index (χ3n) is 15.9. The van der Waals surface area contributed by atoms with E-state index >= 15 is 0 Å². The van der Waals surface area contributed by atoms with E-state index in [2.05, 4.69) is 106 Å². The van der Waals surface area contributed by atoms with Crippen molar-refractivity contribution in [3.8, 4) is 0 Å². The lowest BCUT2D eigenvalue weighted by Crippen LogP contribution is -2.30. The summed E-state index contributed by atoms with van der Waals surface area (Å²) >= 11 is 0. The SMILES string of the molecule is CC/C=C\C/C=C\C/C=C\C/C=C\C/C=C\C/C=C\C/C=C\CCCCCC(=O)OC(COC(=O)CCCCCCCCCCCCC)COC(=O)CCCCCCCCCCCCCCCCCCCCCCCCCCCCCCC. The summed E-state index contributed by atoms with van der Waals surface area (Å²) in [5.41, 5.74) is 0. The molecule has 6 nitrogen and oxygen atoms in total. The van der Waals surface area contributed by atoms with Crippen LogP contribution in [0.5, 0.6) is 0 Å². The Morgan fingerprint density at radius 1 is 0.253 bits per heavy atom. The monoisotopic (exact) mass is 1160 g/mol. The van der Waals surface area contributed by atoms with Crippen LogP contribution >= 0.6 is 0 Å². The van der Waals surface area contributed by atoms with E-state index in [9.17, 15) is 14.4 Å². The van der Waals surface area contributed by atoms with Gasteiger partial charge in [-0.15, -0.1) is 0 Å². The molecule has 0 aliphatic carbocycles. The molecule has 0 saturated heterocycles. The highest BCUT2D eigenvalue weighted by atomic mass is 16.6. The molecule has 0 radical (unpaired) electrons. The Hall–Kier alpha value is -3.41. The smallest absolute Gasteiger partial charge is 0.306 e. The summed E-state index contributed by atoms with van der Waals surface area (Å²) in [6, 6.07) is 0. The van der Waals surface area contributed by atoms with Gasteiger partial charge in [0.15, 0.2) is 6.10 Å². The van der Waals surface area contributed by atoms with E-state index in [1.54, 1.807) is 0 Å². The van der Waals surface area contributed by atoms with E-state index in [4.69, 9.17) is 14.2 Å². The van der Waals surface area contributed by atoms with E-state index in [1.807, 2.05) is 0 Å². The number of unbranched alkanes of at least 4 members (excludes halogenated alkanes) is 41. The normalized spacial score (nSPS) is 12.6. The molecule has 83 heavy (non-hydrogen) atoms. The number of allylic oxidation sites excluding steroid dienone is 14. The maximum Gasteiger partial charge on any atom is 0.306 e. The molecular weight excluding hydrogens is 1020 g/mol. The minimum Gasteiger partial charge on any atom is -0.462 e. The zero-order valence-electron chi connectivity index (χ0n) is 55.2. The summed E-state index contributed by atoms with van der Waals surface area (Å²) in [6.07, 6.45) is 94.9. The van der Waals surface area contributed by atoms with Gasteiger partial charge < -0.3 is 14.2 Å². The maximum absolute atomic E-state index is 12.9. The van der Waals surface area contributed by atoms with Crippen LogP contribution < -0.4 is 0 Å². The first-order valence-electron chi connectivity index (χ1n) is 36.1. The van der Waals surface area contributed by atoms with Crippen LogP contribution in [0.2, 0.25) is 0 Å². The van der Waals surface area contributed by atoms with Gasteiger partial charge in [-0.2, -0.15) is 0 Å². The fourth-order valence-corrected chi connectivity index (χ4v) is 10.5. The van der Waals surface area contributed by atoms with Crippen molar-refractivity contribution < 1.29 is 28.6 Å². The number of esters is 3. The first kappa shape index (κ1) is 79.6. The Kier molecular flexibility index (Phi) is 68.2. The number of ether oxygens (including phenoxy) is 3. The van der Waals surface area contributed by atoms with Crippen LogP contribution in [0.15, 0.2) is 85.1 Å². The Balaban J connectivity index is 4.24. The fourth-order valence-electron chi connectivity index (χ4n) is 10.5. The molecule has 0 rings (SSSR count). The van der Waals surface area contributed by atoms with Gasteiger partial charge in [0.2, 0.25) is 0 Å². The average molecular weight is 1160 g/mol. The van der Waals surface area contributed by atoms with E-state index in [0.717, 1.165) is 109 Å². The summed E-state index contributed by atoms with van der Waals surface area (Å²) < 4.78 is 16.9. The van der Waals surface area contributed by atoms with Crippen LogP contribution in [0.1, 0.15) is 367 Å². The predicted molar refractivity (Wildman–Crippen MR) is 362 cm³/mol. The first-order valence-corrected chi connectivity index (χ1v) is 36.1.